The van der Waals surface area contributed by atoms with Crippen molar-refractivity contribution in [3.63, 3.8) is 0 Å². The first-order valence-corrected chi connectivity index (χ1v) is 16.1. The Balaban J connectivity index is 1.07. The van der Waals surface area contributed by atoms with Gasteiger partial charge in [0, 0.05) is 18.5 Å². The van der Waals surface area contributed by atoms with E-state index in [-0.39, 0.29) is 35.9 Å². The first-order chi connectivity index (χ1) is 18.3. The van der Waals surface area contributed by atoms with Crippen LogP contribution in [0.4, 0.5) is 4.79 Å². The van der Waals surface area contributed by atoms with Gasteiger partial charge in [0.2, 0.25) is 0 Å². The van der Waals surface area contributed by atoms with Gasteiger partial charge in [0.05, 0.1) is 23.9 Å². The van der Waals surface area contributed by atoms with Crippen molar-refractivity contribution >= 4 is 6.09 Å². The first-order valence-electron chi connectivity index (χ1n) is 16.1. The predicted octanol–water partition coefficient (Wildman–Crippen LogP) is 4.39. The number of hydrogen-bond donors (Lipinski definition) is 4. The van der Waals surface area contributed by atoms with E-state index in [1.54, 1.807) is 13.8 Å². The van der Waals surface area contributed by atoms with Gasteiger partial charge < -0.3 is 30.3 Å². The van der Waals surface area contributed by atoms with Crippen LogP contribution < -0.4 is 10.6 Å². The SMILES string of the molecule is CC12CC[C@@]34CC35CC[C@H](OC(=O)NC3CNC3)C(C)(C)C5CCC4C1CC1OC([C@H](O)C(C)(C)O)CCC12. The van der Waals surface area contributed by atoms with Crippen LogP contribution in [0.3, 0.4) is 0 Å². The van der Waals surface area contributed by atoms with E-state index in [1.165, 1.54) is 38.5 Å². The summed E-state index contributed by atoms with van der Waals surface area (Å²) in [5, 5.41) is 27.5. The molecule has 11 atom stereocenters. The molecule has 5 aliphatic carbocycles. The van der Waals surface area contributed by atoms with Gasteiger partial charge in [-0.3, -0.25) is 0 Å². The molecule has 7 heteroatoms. The molecule has 0 aromatic heterocycles. The fourth-order valence-corrected chi connectivity index (χ4v) is 11.9. The number of carbonyl (C=O) groups excluding carboxylic acids is 1. The largest absolute Gasteiger partial charge is 0.446 e. The average Bonchev–Trinajstić information content (AvgIpc) is 3.42. The highest BCUT2D eigenvalue weighted by Crippen LogP contribution is 2.87. The van der Waals surface area contributed by atoms with Gasteiger partial charge in [0.1, 0.15) is 12.2 Å². The molecule has 7 nitrogen and oxygen atoms in total. The van der Waals surface area contributed by atoms with E-state index in [9.17, 15) is 15.0 Å². The molecule has 0 aromatic carbocycles. The van der Waals surface area contributed by atoms with Gasteiger partial charge in [-0.2, -0.15) is 0 Å². The Morgan fingerprint density at radius 3 is 2.44 bits per heavy atom. The predicted molar refractivity (Wildman–Crippen MR) is 148 cm³/mol. The molecule has 39 heavy (non-hydrogen) atoms. The minimum atomic E-state index is -1.14. The molecule has 8 unspecified atom stereocenters. The van der Waals surface area contributed by atoms with Crippen LogP contribution in [0.25, 0.3) is 0 Å². The van der Waals surface area contributed by atoms with E-state index in [4.69, 9.17) is 9.47 Å². The van der Waals surface area contributed by atoms with Crippen molar-refractivity contribution < 1.29 is 24.5 Å². The molecule has 7 aliphatic rings. The minimum absolute atomic E-state index is 0.00406. The number of amides is 1. The summed E-state index contributed by atoms with van der Waals surface area (Å²) in [6, 6.07) is 0.210. The van der Waals surface area contributed by atoms with Gasteiger partial charge in [-0.25, -0.2) is 4.79 Å². The van der Waals surface area contributed by atoms with Gasteiger partial charge in [-0.1, -0.05) is 20.8 Å². The number of carbonyl (C=O) groups is 1. The third-order valence-corrected chi connectivity index (χ3v) is 14.0. The molecular formula is C32H52N2O5. The lowest BCUT2D eigenvalue weighted by Gasteiger charge is -2.59. The van der Waals surface area contributed by atoms with Crippen molar-refractivity contribution in [2.24, 2.45) is 45.3 Å². The zero-order chi connectivity index (χ0) is 27.6. The molecule has 0 bridgehead atoms. The van der Waals surface area contributed by atoms with Crippen LogP contribution in [-0.2, 0) is 9.47 Å². The van der Waals surface area contributed by atoms with Crippen molar-refractivity contribution in [1.82, 2.24) is 10.6 Å². The normalized spacial score (nSPS) is 50.7. The maximum Gasteiger partial charge on any atom is 0.407 e. The summed E-state index contributed by atoms with van der Waals surface area (Å²) in [4.78, 5) is 12.7. The van der Waals surface area contributed by atoms with E-state index in [2.05, 4.69) is 31.4 Å². The van der Waals surface area contributed by atoms with E-state index in [0.29, 0.717) is 34.0 Å². The summed E-state index contributed by atoms with van der Waals surface area (Å²) in [6.45, 7) is 12.4. The van der Waals surface area contributed by atoms with Crippen LogP contribution in [0, 0.1) is 45.3 Å². The highest BCUT2D eigenvalue weighted by Gasteiger charge is 2.81. The maximum absolute atomic E-state index is 12.7. The average molecular weight is 545 g/mol. The van der Waals surface area contributed by atoms with Crippen molar-refractivity contribution in [3.05, 3.63) is 0 Å². The van der Waals surface area contributed by atoms with Gasteiger partial charge in [0.15, 0.2) is 0 Å². The van der Waals surface area contributed by atoms with Crippen molar-refractivity contribution in [2.45, 2.75) is 135 Å². The third kappa shape index (κ3) is 3.71. The Morgan fingerprint density at radius 1 is 1.00 bits per heavy atom. The lowest BCUT2D eigenvalue weighted by molar-refractivity contribution is -0.177. The molecule has 1 amide bonds. The van der Waals surface area contributed by atoms with Crippen molar-refractivity contribution in [1.29, 1.82) is 0 Å². The number of fused-ring (bicyclic) bond motifs is 4. The second kappa shape index (κ2) is 8.58. The molecule has 220 valence electrons. The summed E-state index contributed by atoms with van der Waals surface area (Å²) < 4.78 is 12.8. The fraction of sp³-hybridized carbons (Fsp3) is 0.969. The second-order valence-corrected chi connectivity index (χ2v) is 16.3. The number of hydrogen-bond acceptors (Lipinski definition) is 6. The van der Waals surface area contributed by atoms with Crippen molar-refractivity contribution in [2.75, 3.05) is 13.1 Å². The van der Waals surface area contributed by atoms with E-state index >= 15 is 0 Å². The quantitative estimate of drug-likeness (QED) is 0.419. The number of ether oxygens (including phenoxy) is 2. The summed E-state index contributed by atoms with van der Waals surface area (Å²) in [7, 11) is 0. The van der Waals surface area contributed by atoms with Crippen LogP contribution >= 0.6 is 0 Å². The zero-order valence-electron chi connectivity index (χ0n) is 24.8. The molecule has 2 heterocycles. The van der Waals surface area contributed by atoms with Gasteiger partial charge >= 0.3 is 6.09 Å². The van der Waals surface area contributed by atoms with Gasteiger partial charge in [-0.15, -0.1) is 0 Å². The van der Waals surface area contributed by atoms with Crippen LogP contribution in [-0.4, -0.2) is 65.5 Å². The van der Waals surface area contributed by atoms with Crippen LogP contribution in [0.15, 0.2) is 0 Å². The Hall–Kier alpha value is -0.890. The molecular weight excluding hydrogens is 492 g/mol. The van der Waals surface area contributed by atoms with Crippen LogP contribution in [0.2, 0.25) is 0 Å². The number of rotatable bonds is 4. The lowest BCUT2D eigenvalue weighted by atomic mass is 9.46. The Morgan fingerprint density at radius 2 is 1.74 bits per heavy atom. The smallest absolute Gasteiger partial charge is 0.407 e. The summed E-state index contributed by atoms with van der Waals surface area (Å²) in [5.41, 5.74) is 0.0625. The van der Waals surface area contributed by atoms with E-state index in [0.717, 1.165) is 44.7 Å². The van der Waals surface area contributed by atoms with Crippen LogP contribution in [0.1, 0.15) is 98.8 Å². The van der Waals surface area contributed by atoms with Crippen LogP contribution in [0.5, 0.6) is 0 Å². The third-order valence-electron chi connectivity index (χ3n) is 14.0. The highest BCUT2D eigenvalue weighted by atomic mass is 16.6. The molecule has 7 rings (SSSR count). The van der Waals surface area contributed by atoms with E-state index in [1.807, 2.05) is 0 Å². The number of aliphatic hydroxyl groups is 2. The second-order valence-electron chi connectivity index (χ2n) is 16.3. The molecule has 7 fully saturated rings. The molecule has 2 spiro atoms. The summed E-state index contributed by atoms with van der Waals surface area (Å²) in [5.74, 6) is 2.65. The molecule has 0 radical (unpaired) electrons. The fourth-order valence-electron chi connectivity index (χ4n) is 11.9. The number of alkyl carbamates (subject to hydrolysis) is 1. The van der Waals surface area contributed by atoms with Crippen molar-refractivity contribution in [3.8, 4) is 0 Å². The molecule has 4 N–H and O–H groups in total. The minimum Gasteiger partial charge on any atom is -0.446 e. The van der Waals surface area contributed by atoms with Gasteiger partial charge in [0.25, 0.3) is 0 Å². The monoisotopic (exact) mass is 544 g/mol. The Bertz CT molecular complexity index is 1010. The zero-order valence-corrected chi connectivity index (χ0v) is 24.8. The topological polar surface area (TPSA) is 100 Å². The molecule has 2 aliphatic heterocycles. The highest BCUT2D eigenvalue weighted by molar-refractivity contribution is 5.68. The van der Waals surface area contributed by atoms with Gasteiger partial charge in [-0.05, 0) is 118 Å². The maximum atomic E-state index is 12.7. The molecule has 0 aromatic rings. The number of aliphatic hydroxyl groups excluding tert-OH is 1. The Kier molecular flexibility index (Phi) is 5.93. The number of nitrogens with one attached hydrogen (secondary N) is 2. The summed E-state index contributed by atoms with van der Waals surface area (Å²) >= 11 is 0. The van der Waals surface area contributed by atoms with E-state index < -0.39 is 11.7 Å². The summed E-state index contributed by atoms with van der Waals surface area (Å²) in [6.07, 6.45) is 10.7. The lowest BCUT2D eigenvalue weighted by Crippen LogP contribution is -2.59. The first kappa shape index (κ1) is 27.0. The standard InChI is InChI=1S/C32H52N2O5/c1-28(2)24-9-7-19-21-14-23-20(6-8-22(38-23)26(35)29(3,4)37)30(21,5)12-13-31(19)17-32(24,31)11-10-25(28)39-27(36)34-18-15-33-16-18/h18-26,33,35,37H,6-17H2,1-5H3,(H,34,36)/t19?,20?,21?,22?,23?,24?,25-,26-,30?,31-,32?/m0/s1. The Labute approximate surface area is 234 Å². The molecule has 2 saturated heterocycles. The molecule has 5 saturated carbocycles.